The Kier molecular flexibility index (Phi) is 4.28. The van der Waals surface area contributed by atoms with Gasteiger partial charge >= 0.3 is 6.09 Å². The Morgan fingerprint density at radius 1 is 1.30 bits per heavy atom. The number of fused-ring (bicyclic) bond motifs is 2. The maximum atomic E-state index is 12.1. The molecule has 1 aliphatic carbocycles. The van der Waals surface area contributed by atoms with Crippen LogP contribution >= 0.6 is 0 Å². The minimum absolute atomic E-state index is 0.0875. The van der Waals surface area contributed by atoms with Gasteiger partial charge in [-0.25, -0.2) is 9.78 Å². The Labute approximate surface area is 157 Å². The van der Waals surface area contributed by atoms with E-state index in [-0.39, 0.29) is 18.1 Å². The molecule has 0 aromatic carbocycles. The zero-order valence-electron chi connectivity index (χ0n) is 16.3. The first kappa shape index (κ1) is 17.8. The van der Waals surface area contributed by atoms with Crippen molar-refractivity contribution in [3.05, 3.63) is 24.4 Å². The Bertz CT molecular complexity index is 983. The molecule has 0 spiro atoms. The number of hydrogen-bond acceptors (Lipinski definition) is 5. The molecule has 8 nitrogen and oxygen atoms in total. The molecule has 1 fully saturated rings. The van der Waals surface area contributed by atoms with Gasteiger partial charge in [0, 0.05) is 31.3 Å². The van der Waals surface area contributed by atoms with Gasteiger partial charge in [0.2, 0.25) is 0 Å². The van der Waals surface area contributed by atoms with Crippen molar-refractivity contribution in [1.82, 2.24) is 29.5 Å². The van der Waals surface area contributed by atoms with Gasteiger partial charge in [-0.05, 0) is 40.0 Å². The molecule has 1 saturated carbocycles. The van der Waals surface area contributed by atoms with Crippen molar-refractivity contribution >= 4 is 22.8 Å². The van der Waals surface area contributed by atoms with Gasteiger partial charge in [0.1, 0.15) is 16.9 Å². The van der Waals surface area contributed by atoms with E-state index in [9.17, 15) is 4.79 Å². The lowest BCUT2D eigenvalue weighted by molar-refractivity contribution is 0.0490. The lowest BCUT2D eigenvalue weighted by Crippen LogP contribution is -2.41. The summed E-state index contributed by atoms with van der Waals surface area (Å²) in [6.07, 6.45) is 7.31. The van der Waals surface area contributed by atoms with Crippen LogP contribution in [0.2, 0.25) is 0 Å². The van der Waals surface area contributed by atoms with E-state index in [0.717, 1.165) is 48.2 Å². The molecule has 0 radical (unpaired) electrons. The highest BCUT2D eigenvalue weighted by Gasteiger charge is 2.29. The standard InChI is InChI=1S/C19H26N6O2/c1-19(2,3)27-18(26)21-13-7-5-6-12(8-13)17-23-22-16-9-15-14(10-25(16)17)20-11-24(15)4/h9-13H,5-8H2,1-4H3,(H,21,26)/t12-,13+/m0/s1. The summed E-state index contributed by atoms with van der Waals surface area (Å²) in [7, 11) is 1.97. The van der Waals surface area contributed by atoms with Gasteiger partial charge in [0.15, 0.2) is 5.65 Å². The molecule has 8 heteroatoms. The van der Waals surface area contributed by atoms with Crippen LogP contribution in [-0.2, 0) is 11.8 Å². The fourth-order valence-corrected chi connectivity index (χ4v) is 3.83. The third kappa shape index (κ3) is 3.61. The van der Waals surface area contributed by atoms with Gasteiger partial charge in [-0.15, -0.1) is 10.2 Å². The number of pyridine rings is 1. The van der Waals surface area contributed by atoms with Crippen molar-refractivity contribution in [3.8, 4) is 0 Å². The van der Waals surface area contributed by atoms with Crippen LogP contribution in [0.1, 0.15) is 58.2 Å². The third-order valence-electron chi connectivity index (χ3n) is 5.04. The average molecular weight is 370 g/mol. The van der Waals surface area contributed by atoms with Crippen molar-refractivity contribution in [2.75, 3.05) is 0 Å². The van der Waals surface area contributed by atoms with Gasteiger partial charge < -0.3 is 14.6 Å². The summed E-state index contributed by atoms with van der Waals surface area (Å²) in [4.78, 5) is 16.5. The molecule has 2 atom stereocenters. The lowest BCUT2D eigenvalue weighted by atomic mass is 9.85. The SMILES string of the molecule is Cn1cnc2cn3c([C@H]4CCC[C@@H](NC(=O)OC(C)(C)C)C4)nnc3cc21. The van der Waals surface area contributed by atoms with E-state index in [4.69, 9.17) is 4.74 Å². The number of alkyl carbamates (subject to hydrolysis) is 1. The molecule has 1 N–H and O–H groups in total. The van der Waals surface area contributed by atoms with Crippen LogP contribution in [0.5, 0.6) is 0 Å². The van der Waals surface area contributed by atoms with Crippen molar-refractivity contribution in [3.63, 3.8) is 0 Å². The zero-order chi connectivity index (χ0) is 19.2. The molecule has 3 heterocycles. The van der Waals surface area contributed by atoms with Crippen LogP contribution in [0, 0.1) is 0 Å². The van der Waals surface area contributed by atoms with Gasteiger partial charge in [-0.1, -0.05) is 6.42 Å². The van der Waals surface area contributed by atoms with Crippen molar-refractivity contribution < 1.29 is 9.53 Å². The number of hydrogen-bond donors (Lipinski definition) is 1. The largest absolute Gasteiger partial charge is 0.444 e. The zero-order valence-corrected chi connectivity index (χ0v) is 16.3. The van der Waals surface area contributed by atoms with E-state index in [2.05, 4.69) is 20.5 Å². The summed E-state index contributed by atoms with van der Waals surface area (Å²) in [6.45, 7) is 5.62. The van der Waals surface area contributed by atoms with E-state index >= 15 is 0 Å². The van der Waals surface area contributed by atoms with Crippen molar-refractivity contribution in [2.45, 2.75) is 64.0 Å². The second-order valence-corrected chi connectivity index (χ2v) is 8.39. The number of nitrogens with zero attached hydrogens (tertiary/aromatic N) is 5. The summed E-state index contributed by atoms with van der Waals surface area (Å²) in [5.41, 5.74) is 2.29. The first-order chi connectivity index (χ1) is 12.8. The Morgan fingerprint density at radius 3 is 2.89 bits per heavy atom. The van der Waals surface area contributed by atoms with Gasteiger partial charge in [0.05, 0.1) is 11.8 Å². The second-order valence-electron chi connectivity index (χ2n) is 8.39. The number of amides is 1. The summed E-state index contributed by atoms with van der Waals surface area (Å²) in [5, 5.41) is 11.8. The molecule has 144 valence electrons. The van der Waals surface area contributed by atoms with Gasteiger partial charge in [-0.3, -0.25) is 4.40 Å². The highest BCUT2D eigenvalue weighted by atomic mass is 16.6. The van der Waals surface area contributed by atoms with E-state index in [1.165, 1.54) is 0 Å². The van der Waals surface area contributed by atoms with Crippen LogP contribution in [0.15, 0.2) is 18.6 Å². The monoisotopic (exact) mass is 370 g/mol. The molecular formula is C19H26N6O2. The van der Waals surface area contributed by atoms with Gasteiger partial charge in [-0.2, -0.15) is 0 Å². The maximum absolute atomic E-state index is 12.1. The summed E-state index contributed by atoms with van der Waals surface area (Å²) >= 11 is 0. The molecular weight excluding hydrogens is 344 g/mol. The van der Waals surface area contributed by atoms with Crippen LogP contribution < -0.4 is 5.32 Å². The van der Waals surface area contributed by atoms with Crippen LogP contribution in [-0.4, -0.2) is 41.9 Å². The molecule has 0 saturated heterocycles. The summed E-state index contributed by atoms with van der Waals surface area (Å²) in [6, 6.07) is 2.10. The summed E-state index contributed by atoms with van der Waals surface area (Å²) in [5.74, 6) is 1.18. The van der Waals surface area contributed by atoms with Crippen molar-refractivity contribution in [1.29, 1.82) is 0 Å². The van der Waals surface area contributed by atoms with E-state index in [1.54, 1.807) is 6.33 Å². The van der Waals surface area contributed by atoms with Crippen LogP contribution in [0.3, 0.4) is 0 Å². The lowest BCUT2D eigenvalue weighted by Gasteiger charge is -2.29. The molecule has 4 rings (SSSR count). The topological polar surface area (TPSA) is 86.3 Å². The molecule has 0 aliphatic heterocycles. The molecule has 0 bridgehead atoms. The first-order valence-corrected chi connectivity index (χ1v) is 9.45. The van der Waals surface area contributed by atoms with Gasteiger partial charge in [0.25, 0.3) is 0 Å². The fraction of sp³-hybridized carbons (Fsp3) is 0.579. The molecule has 1 amide bonds. The number of carbonyl (C=O) groups excluding carboxylic acids is 1. The second kappa shape index (κ2) is 6.51. The first-order valence-electron chi connectivity index (χ1n) is 9.45. The number of rotatable bonds is 2. The van der Waals surface area contributed by atoms with E-state index in [1.807, 2.05) is 49.0 Å². The number of nitrogens with one attached hydrogen (secondary N) is 1. The predicted octanol–water partition coefficient (Wildman–Crippen LogP) is 3.17. The number of aromatic nitrogens is 5. The molecule has 1 aliphatic rings. The Morgan fingerprint density at radius 2 is 2.11 bits per heavy atom. The van der Waals surface area contributed by atoms with Crippen molar-refractivity contribution in [2.24, 2.45) is 7.05 Å². The minimum Gasteiger partial charge on any atom is -0.444 e. The van der Waals surface area contributed by atoms with E-state index in [0.29, 0.717) is 0 Å². The predicted molar refractivity (Wildman–Crippen MR) is 102 cm³/mol. The average Bonchev–Trinajstić information content (AvgIpc) is 3.15. The van der Waals surface area contributed by atoms with Crippen LogP contribution in [0.25, 0.3) is 16.7 Å². The Balaban J connectivity index is 1.54. The van der Waals surface area contributed by atoms with E-state index < -0.39 is 5.60 Å². The van der Waals surface area contributed by atoms with Crippen LogP contribution in [0.4, 0.5) is 4.79 Å². The smallest absolute Gasteiger partial charge is 0.407 e. The number of imidazole rings is 1. The summed E-state index contributed by atoms with van der Waals surface area (Å²) < 4.78 is 9.41. The molecule has 0 unspecified atom stereocenters. The Hall–Kier alpha value is -2.64. The highest BCUT2D eigenvalue weighted by Crippen LogP contribution is 2.32. The number of carbonyl (C=O) groups is 1. The normalized spacial score (nSPS) is 20.9. The third-order valence-corrected chi connectivity index (χ3v) is 5.04. The molecule has 3 aromatic rings. The maximum Gasteiger partial charge on any atom is 0.407 e. The molecule has 3 aromatic heterocycles. The number of aryl methyl sites for hydroxylation is 1. The minimum atomic E-state index is -0.491. The quantitative estimate of drug-likeness (QED) is 0.749. The fourth-order valence-electron chi connectivity index (χ4n) is 3.83. The molecule has 27 heavy (non-hydrogen) atoms. The highest BCUT2D eigenvalue weighted by molar-refractivity contribution is 5.78. The number of ether oxygens (including phenoxy) is 1.